The molecule has 1 aliphatic heterocycles. The highest BCUT2D eigenvalue weighted by molar-refractivity contribution is 6.32. The Bertz CT molecular complexity index is 838. The van der Waals surface area contributed by atoms with Crippen molar-refractivity contribution in [1.82, 2.24) is 4.90 Å². The first-order chi connectivity index (χ1) is 12.6. The molecule has 4 rings (SSSR count). The monoisotopic (exact) mass is 375 g/mol. The average molecular weight is 376 g/mol. The van der Waals surface area contributed by atoms with Crippen molar-refractivity contribution in [2.45, 2.75) is 31.8 Å². The van der Waals surface area contributed by atoms with Crippen LogP contribution in [-0.4, -0.2) is 30.1 Å². The fraction of sp³-hybridized carbons (Fsp3) is 0.350. The second-order valence-corrected chi connectivity index (χ2v) is 7.07. The highest BCUT2D eigenvalue weighted by Crippen LogP contribution is 2.38. The molecule has 1 aliphatic carbocycles. The molecule has 1 amide bonds. The fourth-order valence-electron chi connectivity index (χ4n) is 3.18. The Morgan fingerprint density at radius 2 is 1.96 bits per heavy atom. The van der Waals surface area contributed by atoms with Gasteiger partial charge in [-0.2, -0.15) is 0 Å². The Balaban J connectivity index is 1.51. The van der Waals surface area contributed by atoms with Crippen LogP contribution in [0.25, 0.3) is 0 Å². The van der Waals surface area contributed by atoms with Crippen molar-refractivity contribution in [2.75, 3.05) is 13.2 Å². The fourth-order valence-corrected chi connectivity index (χ4v) is 3.47. The molecular weight excluding hydrogens is 357 g/mol. The molecule has 2 aromatic rings. The van der Waals surface area contributed by atoms with E-state index in [1.54, 1.807) is 12.1 Å². The van der Waals surface area contributed by atoms with Crippen molar-refractivity contribution in [1.29, 1.82) is 0 Å². The zero-order valence-electron chi connectivity index (χ0n) is 14.2. The normalized spacial score (nSPS) is 15.6. The van der Waals surface area contributed by atoms with Crippen LogP contribution in [0.4, 0.5) is 4.39 Å². The zero-order valence-corrected chi connectivity index (χ0v) is 15.0. The van der Waals surface area contributed by atoms with E-state index in [9.17, 15) is 9.18 Å². The summed E-state index contributed by atoms with van der Waals surface area (Å²) in [6.07, 6.45) is 2.20. The summed E-state index contributed by atoms with van der Waals surface area (Å²) in [4.78, 5) is 14.7. The number of ether oxygens (including phenoxy) is 2. The molecule has 0 unspecified atom stereocenters. The summed E-state index contributed by atoms with van der Waals surface area (Å²) in [6.45, 7) is 1.35. The lowest BCUT2D eigenvalue weighted by atomic mass is 10.1. The third kappa shape index (κ3) is 3.78. The summed E-state index contributed by atoms with van der Waals surface area (Å²) in [5.74, 6) is 0.830. The molecule has 0 saturated heterocycles. The number of benzene rings is 2. The number of amides is 1. The highest BCUT2D eigenvalue weighted by Gasteiger charge is 2.32. The maximum absolute atomic E-state index is 13.4. The lowest BCUT2D eigenvalue weighted by molar-refractivity contribution is -0.131. The molecule has 0 N–H and O–H groups in total. The van der Waals surface area contributed by atoms with Crippen LogP contribution in [0.3, 0.4) is 0 Å². The highest BCUT2D eigenvalue weighted by atomic mass is 35.5. The third-order valence-corrected chi connectivity index (χ3v) is 4.84. The average Bonchev–Trinajstić information content (AvgIpc) is 3.44. The first kappa shape index (κ1) is 17.2. The second kappa shape index (κ2) is 7.16. The molecule has 6 heteroatoms. The predicted octanol–water partition coefficient (Wildman–Crippen LogP) is 3.98. The van der Waals surface area contributed by atoms with Crippen molar-refractivity contribution < 1.29 is 18.7 Å². The largest absolute Gasteiger partial charge is 0.486 e. The van der Waals surface area contributed by atoms with E-state index >= 15 is 0 Å². The van der Waals surface area contributed by atoms with Crippen LogP contribution >= 0.6 is 11.6 Å². The lowest BCUT2D eigenvalue weighted by Gasteiger charge is -2.24. The van der Waals surface area contributed by atoms with Crippen LogP contribution in [0.5, 0.6) is 11.5 Å². The van der Waals surface area contributed by atoms with Crippen LogP contribution in [0.15, 0.2) is 36.4 Å². The van der Waals surface area contributed by atoms with Gasteiger partial charge in [-0.1, -0.05) is 23.7 Å². The number of carbonyl (C=O) groups excluding carboxylic acids is 1. The standard InChI is InChI=1S/C20H19ClFNO3/c21-17-9-14(10-18-20(17)26-7-6-25-18)11-19(24)23(16-4-5-16)12-13-2-1-3-15(22)8-13/h1-3,8-10,16H,4-7,11-12H2. The quantitative estimate of drug-likeness (QED) is 0.793. The lowest BCUT2D eigenvalue weighted by Crippen LogP contribution is -2.33. The molecular formula is C20H19ClFNO3. The Kier molecular flexibility index (Phi) is 4.72. The Morgan fingerprint density at radius 3 is 2.73 bits per heavy atom. The molecule has 0 aromatic heterocycles. The number of rotatable bonds is 5. The summed E-state index contributed by atoms with van der Waals surface area (Å²) in [7, 11) is 0. The summed E-state index contributed by atoms with van der Waals surface area (Å²) in [5, 5.41) is 0.452. The Morgan fingerprint density at radius 1 is 1.15 bits per heavy atom. The van der Waals surface area contributed by atoms with E-state index in [1.807, 2.05) is 17.0 Å². The van der Waals surface area contributed by atoms with Crippen molar-refractivity contribution >= 4 is 17.5 Å². The van der Waals surface area contributed by atoms with Crippen molar-refractivity contribution in [2.24, 2.45) is 0 Å². The Labute approximate surface area is 156 Å². The van der Waals surface area contributed by atoms with Crippen LogP contribution in [0, 0.1) is 5.82 Å². The number of halogens is 2. The number of hydrogen-bond donors (Lipinski definition) is 0. The van der Waals surface area contributed by atoms with E-state index < -0.39 is 0 Å². The van der Waals surface area contributed by atoms with Crippen LogP contribution in [-0.2, 0) is 17.8 Å². The minimum Gasteiger partial charge on any atom is -0.486 e. The van der Waals surface area contributed by atoms with Crippen molar-refractivity contribution in [3.63, 3.8) is 0 Å². The van der Waals surface area contributed by atoms with E-state index in [0.29, 0.717) is 36.3 Å². The van der Waals surface area contributed by atoms with Gasteiger partial charge in [0.25, 0.3) is 0 Å². The molecule has 1 saturated carbocycles. The number of fused-ring (bicyclic) bond motifs is 1. The summed E-state index contributed by atoms with van der Waals surface area (Å²) < 4.78 is 24.5. The van der Waals surface area contributed by atoms with E-state index in [-0.39, 0.29) is 24.2 Å². The molecule has 26 heavy (non-hydrogen) atoms. The first-order valence-electron chi connectivity index (χ1n) is 8.72. The third-order valence-electron chi connectivity index (χ3n) is 4.56. The minimum absolute atomic E-state index is 0.00417. The number of hydrogen-bond acceptors (Lipinski definition) is 3. The maximum Gasteiger partial charge on any atom is 0.227 e. The topological polar surface area (TPSA) is 38.8 Å². The molecule has 0 bridgehead atoms. The molecule has 1 fully saturated rings. The number of nitrogens with zero attached hydrogens (tertiary/aromatic N) is 1. The molecule has 4 nitrogen and oxygen atoms in total. The molecule has 2 aliphatic rings. The van der Waals surface area contributed by atoms with E-state index in [2.05, 4.69) is 0 Å². The van der Waals surface area contributed by atoms with Gasteiger partial charge >= 0.3 is 0 Å². The van der Waals surface area contributed by atoms with Crippen LogP contribution in [0.2, 0.25) is 5.02 Å². The zero-order chi connectivity index (χ0) is 18.1. The van der Waals surface area contributed by atoms with Gasteiger partial charge in [-0.15, -0.1) is 0 Å². The Hall–Kier alpha value is -2.27. The number of carbonyl (C=O) groups is 1. The van der Waals surface area contributed by atoms with Crippen molar-refractivity contribution in [3.8, 4) is 11.5 Å². The second-order valence-electron chi connectivity index (χ2n) is 6.66. The van der Waals surface area contributed by atoms with Gasteiger partial charge in [-0.25, -0.2) is 4.39 Å². The van der Waals surface area contributed by atoms with Crippen molar-refractivity contribution in [3.05, 3.63) is 58.4 Å². The summed E-state index contributed by atoms with van der Waals surface area (Å²) >= 11 is 6.26. The maximum atomic E-state index is 13.4. The van der Waals surface area contributed by atoms with E-state index in [4.69, 9.17) is 21.1 Å². The summed E-state index contributed by atoms with van der Waals surface area (Å²) in [6, 6.07) is 10.2. The molecule has 0 radical (unpaired) electrons. The van der Waals surface area contributed by atoms with Gasteiger partial charge in [-0.3, -0.25) is 4.79 Å². The van der Waals surface area contributed by atoms with Gasteiger partial charge in [0.05, 0.1) is 11.4 Å². The first-order valence-corrected chi connectivity index (χ1v) is 9.10. The van der Waals surface area contributed by atoms with Gasteiger partial charge in [0, 0.05) is 12.6 Å². The van der Waals surface area contributed by atoms with Crippen LogP contribution in [0.1, 0.15) is 24.0 Å². The summed E-state index contributed by atoms with van der Waals surface area (Å²) in [5.41, 5.74) is 1.58. The molecule has 1 heterocycles. The van der Waals surface area contributed by atoms with Gasteiger partial charge in [0.15, 0.2) is 11.5 Å². The smallest absolute Gasteiger partial charge is 0.227 e. The molecule has 2 aromatic carbocycles. The van der Waals surface area contributed by atoms with Gasteiger partial charge in [-0.05, 0) is 48.2 Å². The van der Waals surface area contributed by atoms with Crippen LogP contribution < -0.4 is 9.47 Å². The van der Waals surface area contributed by atoms with E-state index in [1.165, 1.54) is 12.1 Å². The minimum atomic E-state index is -0.288. The van der Waals surface area contributed by atoms with Gasteiger partial charge in [0.1, 0.15) is 19.0 Å². The SMILES string of the molecule is O=C(Cc1cc(Cl)c2c(c1)OCCO2)N(Cc1cccc(F)c1)C1CC1. The molecule has 136 valence electrons. The van der Waals surface area contributed by atoms with Gasteiger partial charge in [0.2, 0.25) is 5.91 Å². The van der Waals surface area contributed by atoms with Gasteiger partial charge < -0.3 is 14.4 Å². The van der Waals surface area contributed by atoms with E-state index in [0.717, 1.165) is 24.0 Å². The predicted molar refractivity (Wildman–Crippen MR) is 96.1 cm³/mol. The molecule has 0 spiro atoms. The molecule has 0 atom stereocenters.